The molecule has 108 valence electrons. The number of hydrogen-bond donors (Lipinski definition) is 1. The van der Waals surface area contributed by atoms with Crippen LogP contribution in [0.1, 0.15) is 30.9 Å². The van der Waals surface area contributed by atoms with E-state index in [-0.39, 0.29) is 0 Å². The molecule has 0 amide bonds. The number of rotatable bonds is 4. The molecule has 3 rings (SSSR count). The van der Waals surface area contributed by atoms with Crippen molar-refractivity contribution in [1.82, 2.24) is 14.6 Å². The fraction of sp³-hybridized carbons (Fsp3) is 0.250. The highest BCUT2D eigenvalue weighted by atomic mass is 79.9. The second kappa shape index (κ2) is 5.85. The first-order valence-electron chi connectivity index (χ1n) is 6.97. The molecule has 0 saturated carbocycles. The molecule has 1 N–H and O–H groups in total. The molecule has 3 aromatic rings. The van der Waals surface area contributed by atoms with Crippen LogP contribution in [0.25, 0.3) is 5.65 Å². The van der Waals surface area contributed by atoms with Gasteiger partial charge in [0, 0.05) is 12.7 Å². The van der Waals surface area contributed by atoms with Crippen molar-refractivity contribution in [2.24, 2.45) is 0 Å². The molecule has 0 aliphatic rings. The molecule has 4 nitrogen and oxygen atoms in total. The predicted molar refractivity (Wildman–Crippen MR) is 88.5 cm³/mol. The summed E-state index contributed by atoms with van der Waals surface area (Å²) in [7, 11) is 0. The fourth-order valence-electron chi connectivity index (χ4n) is 2.15. The zero-order valence-corrected chi connectivity index (χ0v) is 13.6. The molecule has 2 heterocycles. The summed E-state index contributed by atoms with van der Waals surface area (Å²) < 4.78 is 2.70. The van der Waals surface area contributed by atoms with Crippen LogP contribution >= 0.6 is 15.9 Å². The Morgan fingerprint density at radius 3 is 2.62 bits per heavy atom. The van der Waals surface area contributed by atoms with E-state index in [2.05, 4.69) is 69.4 Å². The maximum Gasteiger partial charge on any atom is 0.243 e. The topological polar surface area (TPSA) is 42.2 Å². The highest BCUT2D eigenvalue weighted by Crippen LogP contribution is 2.18. The lowest BCUT2D eigenvalue weighted by atomic mass is 10.0. The van der Waals surface area contributed by atoms with Crippen molar-refractivity contribution in [1.29, 1.82) is 0 Å². The number of nitrogens with one attached hydrogen (secondary N) is 1. The van der Waals surface area contributed by atoms with Gasteiger partial charge in [0.1, 0.15) is 0 Å². The summed E-state index contributed by atoms with van der Waals surface area (Å²) in [5, 5.41) is 7.66. The van der Waals surface area contributed by atoms with E-state index in [0.717, 1.165) is 10.1 Å². The van der Waals surface area contributed by atoms with Crippen molar-refractivity contribution >= 4 is 27.5 Å². The fourth-order valence-corrected chi connectivity index (χ4v) is 2.57. The van der Waals surface area contributed by atoms with Gasteiger partial charge >= 0.3 is 0 Å². The average Bonchev–Trinajstić information content (AvgIpc) is 2.90. The van der Waals surface area contributed by atoms with Crippen LogP contribution < -0.4 is 5.32 Å². The maximum atomic E-state index is 4.47. The monoisotopic (exact) mass is 344 g/mol. The van der Waals surface area contributed by atoms with Crippen LogP contribution in [0.5, 0.6) is 0 Å². The minimum atomic E-state index is 0.560. The van der Waals surface area contributed by atoms with E-state index >= 15 is 0 Å². The Balaban J connectivity index is 1.72. The maximum absolute atomic E-state index is 4.47. The SMILES string of the molecule is CC(C)c1ccc(CNc2nc3c(Br)cccn3n2)cc1. The first-order valence-corrected chi connectivity index (χ1v) is 7.76. The van der Waals surface area contributed by atoms with Crippen LogP contribution in [0.15, 0.2) is 47.1 Å². The first kappa shape index (κ1) is 14.1. The zero-order valence-electron chi connectivity index (χ0n) is 12.0. The van der Waals surface area contributed by atoms with Gasteiger partial charge in [0.05, 0.1) is 4.47 Å². The minimum absolute atomic E-state index is 0.560. The minimum Gasteiger partial charge on any atom is -0.349 e. The van der Waals surface area contributed by atoms with Gasteiger partial charge in [-0.2, -0.15) is 4.98 Å². The lowest BCUT2D eigenvalue weighted by Crippen LogP contribution is -2.01. The number of fused-ring (bicyclic) bond motifs is 1. The van der Waals surface area contributed by atoms with E-state index in [1.807, 2.05) is 18.3 Å². The lowest BCUT2D eigenvalue weighted by Gasteiger charge is -2.07. The number of benzene rings is 1. The molecule has 21 heavy (non-hydrogen) atoms. The van der Waals surface area contributed by atoms with Crippen molar-refractivity contribution < 1.29 is 0 Å². The Morgan fingerprint density at radius 2 is 1.95 bits per heavy atom. The van der Waals surface area contributed by atoms with Gasteiger partial charge in [-0.15, -0.1) is 5.10 Å². The molecule has 0 aliphatic heterocycles. The Morgan fingerprint density at radius 1 is 1.19 bits per heavy atom. The van der Waals surface area contributed by atoms with Crippen LogP contribution in [0.4, 0.5) is 5.95 Å². The molecule has 0 atom stereocenters. The second-order valence-electron chi connectivity index (χ2n) is 5.31. The second-order valence-corrected chi connectivity index (χ2v) is 6.16. The summed E-state index contributed by atoms with van der Waals surface area (Å²) in [6.07, 6.45) is 1.88. The number of aromatic nitrogens is 3. The summed E-state index contributed by atoms with van der Waals surface area (Å²) in [5.41, 5.74) is 3.39. The lowest BCUT2D eigenvalue weighted by molar-refractivity contribution is 0.865. The molecule has 0 aliphatic carbocycles. The van der Waals surface area contributed by atoms with E-state index in [1.165, 1.54) is 11.1 Å². The zero-order chi connectivity index (χ0) is 14.8. The van der Waals surface area contributed by atoms with Crippen molar-refractivity contribution in [2.75, 3.05) is 5.32 Å². The van der Waals surface area contributed by atoms with E-state index in [1.54, 1.807) is 4.52 Å². The third kappa shape index (κ3) is 3.08. The highest BCUT2D eigenvalue weighted by Gasteiger charge is 2.06. The van der Waals surface area contributed by atoms with Crippen molar-refractivity contribution in [3.8, 4) is 0 Å². The van der Waals surface area contributed by atoms with E-state index in [9.17, 15) is 0 Å². The molecule has 0 fully saturated rings. The van der Waals surface area contributed by atoms with Crippen LogP contribution in [0.3, 0.4) is 0 Å². The van der Waals surface area contributed by atoms with Gasteiger partial charge in [0.2, 0.25) is 5.95 Å². The van der Waals surface area contributed by atoms with Crippen molar-refractivity contribution in [3.63, 3.8) is 0 Å². The normalized spacial score (nSPS) is 11.2. The number of hydrogen-bond acceptors (Lipinski definition) is 3. The molecule has 1 aromatic carbocycles. The van der Waals surface area contributed by atoms with Gasteiger partial charge in [0.25, 0.3) is 0 Å². The van der Waals surface area contributed by atoms with Crippen LogP contribution in [-0.4, -0.2) is 14.6 Å². The molecule has 0 radical (unpaired) electrons. The number of anilines is 1. The summed E-state index contributed by atoms with van der Waals surface area (Å²) in [6.45, 7) is 5.12. The Labute approximate surface area is 132 Å². The summed E-state index contributed by atoms with van der Waals surface area (Å²) >= 11 is 3.48. The molecule has 0 saturated heterocycles. The van der Waals surface area contributed by atoms with Crippen LogP contribution in [0, 0.1) is 0 Å². The van der Waals surface area contributed by atoms with E-state index in [0.29, 0.717) is 18.4 Å². The third-order valence-corrected chi connectivity index (χ3v) is 4.03. The van der Waals surface area contributed by atoms with Crippen LogP contribution in [-0.2, 0) is 6.54 Å². The summed E-state index contributed by atoms with van der Waals surface area (Å²) in [6, 6.07) is 12.5. The van der Waals surface area contributed by atoms with Gasteiger partial charge in [-0.1, -0.05) is 38.1 Å². The van der Waals surface area contributed by atoms with Gasteiger partial charge < -0.3 is 5.32 Å². The largest absolute Gasteiger partial charge is 0.349 e. The third-order valence-electron chi connectivity index (χ3n) is 3.41. The van der Waals surface area contributed by atoms with Gasteiger partial charge in [-0.3, -0.25) is 0 Å². The van der Waals surface area contributed by atoms with Gasteiger partial charge in [-0.05, 0) is 45.1 Å². The Bertz CT molecular complexity index is 747. The first-order chi connectivity index (χ1) is 10.1. The standard InChI is InChI=1S/C16H17BrN4/c1-11(2)13-7-5-12(6-8-13)10-18-16-19-15-14(17)4-3-9-21(15)20-16/h3-9,11H,10H2,1-2H3,(H,18,20). The molecule has 5 heteroatoms. The number of halogens is 1. The van der Waals surface area contributed by atoms with Crippen LogP contribution in [0.2, 0.25) is 0 Å². The van der Waals surface area contributed by atoms with Gasteiger partial charge in [0.15, 0.2) is 5.65 Å². The predicted octanol–water partition coefficient (Wildman–Crippen LogP) is 4.23. The molecular formula is C16H17BrN4. The Kier molecular flexibility index (Phi) is 3.92. The molecular weight excluding hydrogens is 328 g/mol. The molecule has 2 aromatic heterocycles. The van der Waals surface area contributed by atoms with E-state index in [4.69, 9.17) is 0 Å². The Hall–Kier alpha value is -1.88. The summed E-state index contributed by atoms with van der Waals surface area (Å²) in [4.78, 5) is 4.47. The van der Waals surface area contributed by atoms with Crippen molar-refractivity contribution in [2.45, 2.75) is 26.3 Å². The average molecular weight is 345 g/mol. The smallest absolute Gasteiger partial charge is 0.243 e. The number of nitrogens with zero attached hydrogens (tertiary/aromatic N) is 3. The van der Waals surface area contributed by atoms with Gasteiger partial charge in [-0.25, -0.2) is 4.52 Å². The van der Waals surface area contributed by atoms with Crippen molar-refractivity contribution in [3.05, 3.63) is 58.2 Å². The van der Waals surface area contributed by atoms with E-state index < -0.39 is 0 Å². The number of pyridine rings is 1. The molecule has 0 spiro atoms. The molecule has 0 bridgehead atoms. The molecule has 0 unspecified atom stereocenters. The highest BCUT2D eigenvalue weighted by molar-refractivity contribution is 9.10. The summed E-state index contributed by atoms with van der Waals surface area (Å²) in [5.74, 6) is 1.19. The quantitative estimate of drug-likeness (QED) is 0.770.